The van der Waals surface area contributed by atoms with Crippen LogP contribution in [0.1, 0.15) is 51.9 Å². The normalized spacial score (nSPS) is 23.2. The molecule has 2 fully saturated rings. The fraction of sp³-hybridized carbons (Fsp3) is 0.867. The molecule has 1 saturated heterocycles. The highest BCUT2D eigenvalue weighted by Gasteiger charge is 2.49. The molecule has 126 valence electrons. The zero-order valence-electron chi connectivity index (χ0n) is 12.8. The molecule has 1 aliphatic carbocycles. The van der Waals surface area contributed by atoms with Crippen molar-refractivity contribution in [2.75, 3.05) is 13.1 Å². The number of carbonyl (C=O) groups is 2. The molecule has 0 aromatic carbocycles. The molecule has 1 aliphatic heterocycles. The average Bonchev–Trinajstić information content (AvgIpc) is 2.47. The van der Waals surface area contributed by atoms with E-state index < -0.39 is 17.6 Å². The highest BCUT2D eigenvalue weighted by Crippen LogP contribution is 2.32. The Morgan fingerprint density at radius 3 is 2.14 bits per heavy atom. The molecule has 4 nitrogen and oxygen atoms in total. The molecule has 1 heterocycles. The minimum Gasteiger partial charge on any atom is -0.341 e. The molecular weight excluding hydrogens is 297 g/mol. The molecule has 0 atom stereocenters. The minimum atomic E-state index is -4.96. The van der Waals surface area contributed by atoms with Gasteiger partial charge in [0.2, 0.25) is 5.91 Å². The molecule has 0 radical (unpaired) electrons. The van der Waals surface area contributed by atoms with E-state index in [1.54, 1.807) is 4.90 Å². The van der Waals surface area contributed by atoms with Crippen LogP contribution in [0.25, 0.3) is 0 Å². The summed E-state index contributed by atoms with van der Waals surface area (Å²) in [5, 5.41) is 2.03. The van der Waals surface area contributed by atoms with Crippen molar-refractivity contribution < 1.29 is 22.8 Å². The lowest BCUT2D eigenvalue weighted by atomic mass is 9.79. The summed E-state index contributed by atoms with van der Waals surface area (Å²) in [5.41, 5.74) is -1.37. The zero-order chi connectivity index (χ0) is 16.4. The fourth-order valence-corrected chi connectivity index (χ4v) is 3.35. The molecule has 2 amide bonds. The summed E-state index contributed by atoms with van der Waals surface area (Å²) in [4.78, 5) is 25.8. The third-order valence-electron chi connectivity index (χ3n) is 4.80. The van der Waals surface area contributed by atoms with Gasteiger partial charge in [-0.25, -0.2) is 0 Å². The van der Waals surface area contributed by atoms with Crippen LogP contribution in [0.2, 0.25) is 0 Å². The van der Waals surface area contributed by atoms with Crippen LogP contribution in [0.15, 0.2) is 0 Å². The Labute approximate surface area is 128 Å². The van der Waals surface area contributed by atoms with Gasteiger partial charge in [-0.15, -0.1) is 0 Å². The summed E-state index contributed by atoms with van der Waals surface area (Å²) in [6.45, 7) is 3.22. The third kappa shape index (κ3) is 3.73. The number of likely N-dealkylation sites (tertiary alicyclic amines) is 1. The van der Waals surface area contributed by atoms with Gasteiger partial charge >= 0.3 is 12.1 Å². The topological polar surface area (TPSA) is 49.4 Å². The van der Waals surface area contributed by atoms with Crippen molar-refractivity contribution >= 4 is 11.8 Å². The van der Waals surface area contributed by atoms with E-state index in [1.807, 2.05) is 5.32 Å². The number of piperidine rings is 1. The Kier molecular flexibility index (Phi) is 5.02. The van der Waals surface area contributed by atoms with E-state index >= 15 is 0 Å². The van der Waals surface area contributed by atoms with Gasteiger partial charge in [0.1, 0.15) is 5.54 Å². The summed E-state index contributed by atoms with van der Waals surface area (Å²) in [6, 6.07) is 0. The molecule has 2 aliphatic rings. The van der Waals surface area contributed by atoms with Gasteiger partial charge in [0.25, 0.3) is 0 Å². The van der Waals surface area contributed by atoms with Gasteiger partial charge in [-0.1, -0.05) is 26.2 Å². The Hall–Kier alpha value is -1.27. The van der Waals surface area contributed by atoms with E-state index in [4.69, 9.17) is 0 Å². The van der Waals surface area contributed by atoms with E-state index in [0.717, 1.165) is 19.3 Å². The summed E-state index contributed by atoms with van der Waals surface area (Å²) < 4.78 is 37.8. The Balaban J connectivity index is 2.14. The zero-order valence-corrected chi connectivity index (χ0v) is 12.8. The van der Waals surface area contributed by atoms with E-state index in [9.17, 15) is 22.8 Å². The second kappa shape index (κ2) is 6.46. The monoisotopic (exact) mass is 320 g/mol. The van der Waals surface area contributed by atoms with Crippen LogP contribution in [0.5, 0.6) is 0 Å². The van der Waals surface area contributed by atoms with Crippen molar-refractivity contribution in [2.45, 2.75) is 63.6 Å². The van der Waals surface area contributed by atoms with E-state index in [1.165, 1.54) is 0 Å². The summed E-state index contributed by atoms with van der Waals surface area (Å²) >= 11 is 0. The number of halogens is 3. The molecule has 0 unspecified atom stereocenters. The maximum absolute atomic E-state index is 12.8. The van der Waals surface area contributed by atoms with Gasteiger partial charge in [-0.3, -0.25) is 9.59 Å². The third-order valence-corrected chi connectivity index (χ3v) is 4.80. The molecule has 0 aromatic rings. The van der Waals surface area contributed by atoms with Crippen molar-refractivity contribution in [3.05, 3.63) is 0 Å². The van der Waals surface area contributed by atoms with E-state index in [0.29, 0.717) is 44.7 Å². The molecule has 0 bridgehead atoms. The second-order valence-corrected chi connectivity index (χ2v) is 6.57. The van der Waals surface area contributed by atoms with Crippen LogP contribution in [0.4, 0.5) is 13.2 Å². The minimum absolute atomic E-state index is 0.291. The Morgan fingerprint density at radius 1 is 1.09 bits per heavy atom. The number of amides is 2. The van der Waals surface area contributed by atoms with Gasteiger partial charge in [-0.2, -0.15) is 13.2 Å². The van der Waals surface area contributed by atoms with Crippen LogP contribution in [-0.4, -0.2) is 41.5 Å². The first-order valence-corrected chi connectivity index (χ1v) is 7.93. The SMILES string of the molecule is CC1CCN(C(=O)C2(NC(=O)C(F)(F)F)CCCCC2)CC1. The molecule has 22 heavy (non-hydrogen) atoms. The summed E-state index contributed by atoms with van der Waals surface area (Å²) in [7, 11) is 0. The number of hydrogen-bond donors (Lipinski definition) is 1. The van der Waals surface area contributed by atoms with Gasteiger partial charge < -0.3 is 10.2 Å². The standard InChI is InChI=1S/C15H23F3N2O2/c1-11-5-9-20(10-6-11)13(22)14(7-3-2-4-8-14)19-12(21)15(16,17)18/h11H,2-10H2,1H3,(H,19,21). The molecule has 0 spiro atoms. The number of nitrogens with one attached hydrogen (secondary N) is 1. The van der Waals surface area contributed by atoms with E-state index in [-0.39, 0.29) is 5.91 Å². The Morgan fingerprint density at radius 2 is 1.64 bits per heavy atom. The first-order chi connectivity index (χ1) is 10.2. The van der Waals surface area contributed by atoms with Crippen molar-refractivity contribution in [3.63, 3.8) is 0 Å². The van der Waals surface area contributed by atoms with Gasteiger partial charge in [0.05, 0.1) is 0 Å². The van der Waals surface area contributed by atoms with Crippen LogP contribution in [0.3, 0.4) is 0 Å². The maximum Gasteiger partial charge on any atom is 0.471 e. The largest absolute Gasteiger partial charge is 0.471 e. The molecule has 2 rings (SSSR count). The molecule has 1 N–H and O–H groups in total. The van der Waals surface area contributed by atoms with Crippen molar-refractivity contribution in [1.82, 2.24) is 10.2 Å². The summed E-state index contributed by atoms with van der Waals surface area (Å²) in [5.74, 6) is -1.82. The highest BCUT2D eigenvalue weighted by molar-refractivity contribution is 5.93. The highest BCUT2D eigenvalue weighted by atomic mass is 19.4. The molecular formula is C15H23F3N2O2. The number of hydrogen-bond acceptors (Lipinski definition) is 2. The van der Waals surface area contributed by atoms with E-state index in [2.05, 4.69) is 6.92 Å². The van der Waals surface area contributed by atoms with Crippen LogP contribution in [-0.2, 0) is 9.59 Å². The quantitative estimate of drug-likeness (QED) is 0.850. The maximum atomic E-state index is 12.8. The lowest BCUT2D eigenvalue weighted by Gasteiger charge is -2.42. The number of carbonyl (C=O) groups excluding carboxylic acids is 2. The predicted molar refractivity (Wildman–Crippen MR) is 75.0 cm³/mol. The average molecular weight is 320 g/mol. The second-order valence-electron chi connectivity index (χ2n) is 6.57. The summed E-state index contributed by atoms with van der Waals surface area (Å²) in [6.07, 6.45) is -0.458. The number of rotatable bonds is 2. The van der Waals surface area contributed by atoms with Gasteiger partial charge in [0, 0.05) is 13.1 Å². The lowest BCUT2D eigenvalue weighted by molar-refractivity contribution is -0.177. The van der Waals surface area contributed by atoms with Gasteiger partial charge in [-0.05, 0) is 31.6 Å². The Bertz CT molecular complexity index is 423. The fourth-order valence-electron chi connectivity index (χ4n) is 3.35. The van der Waals surface area contributed by atoms with Crippen LogP contribution in [0, 0.1) is 5.92 Å². The lowest BCUT2D eigenvalue weighted by Crippen LogP contribution is -2.63. The number of alkyl halides is 3. The first-order valence-electron chi connectivity index (χ1n) is 7.93. The molecule has 7 heteroatoms. The molecule has 1 saturated carbocycles. The smallest absolute Gasteiger partial charge is 0.341 e. The van der Waals surface area contributed by atoms with Crippen molar-refractivity contribution in [1.29, 1.82) is 0 Å². The molecule has 0 aromatic heterocycles. The first kappa shape index (κ1) is 17.1. The van der Waals surface area contributed by atoms with Crippen molar-refractivity contribution in [2.24, 2.45) is 5.92 Å². The van der Waals surface area contributed by atoms with Crippen LogP contribution >= 0.6 is 0 Å². The number of nitrogens with zero attached hydrogens (tertiary/aromatic N) is 1. The predicted octanol–water partition coefficient (Wildman–Crippen LogP) is 2.63. The van der Waals surface area contributed by atoms with Crippen LogP contribution < -0.4 is 5.32 Å². The van der Waals surface area contributed by atoms with Gasteiger partial charge in [0.15, 0.2) is 0 Å². The van der Waals surface area contributed by atoms with Crippen molar-refractivity contribution in [3.8, 4) is 0 Å².